The number of hydrogen-bond acceptors (Lipinski definition) is 2. The SMILES string of the molecule is O=C(O)C1CN(C2CCc3cccc(CCCc4cccc5ccccc45)c3C2)C1. The first-order valence-corrected chi connectivity index (χ1v) is 11.2. The minimum Gasteiger partial charge on any atom is -0.481 e. The molecule has 5 rings (SSSR count). The largest absolute Gasteiger partial charge is 0.481 e. The van der Waals surface area contributed by atoms with E-state index < -0.39 is 5.97 Å². The molecule has 3 aromatic carbocycles. The summed E-state index contributed by atoms with van der Waals surface area (Å²) in [5.41, 5.74) is 5.97. The van der Waals surface area contributed by atoms with Crippen LogP contribution in [-0.2, 0) is 30.5 Å². The minimum absolute atomic E-state index is 0.165. The van der Waals surface area contributed by atoms with Crippen LogP contribution in [0.1, 0.15) is 35.1 Å². The van der Waals surface area contributed by atoms with Crippen molar-refractivity contribution in [2.45, 2.75) is 44.6 Å². The third-order valence-electron chi connectivity index (χ3n) is 7.10. The molecule has 154 valence electrons. The summed E-state index contributed by atoms with van der Waals surface area (Å²) in [7, 11) is 0. The van der Waals surface area contributed by atoms with Crippen LogP contribution in [0.5, 0.6) is 0 Å². The maximum atomic E-state index is 11.2. The molecular formula is C27H29NO2. The molecule has 0 amide bonds. The van der Waals surface area contributed by atoms with Crippen LogP contribution in [0.3, 0.4) is 0 Å². The van der Waals surface area contributed by atoms with Gasteiger partial charge >= 0.3 is 5.97 Å². The molecule has 1 heterocycles. The van der Waals surface area contributed by atoms with Crippen LogP contribution in [0.15, 0.2) is 60.7 Å². The van der Waals surface area contributed by atoms with Crippen molar-refractivity contribution in [2.75, 3.05) is 13.1 Å². The van der Waals surface area contributed by atoms with Crippen LogP contribution in [-0.4, -0.2) is 35.1 Å². The highest BCUT2D eigenvalue weighted by Crippen LogP contribution is 2.32. The molecule has 0 spiro atoms. The highest BCUT2D eigenvalue weighted by molar-refractivity contribution is 5.85. The zero-order valence-corrected chi connectivity index (χ0v) is 17.4. The van der Waals surface area contributed by atoms with E-state index in [9.17, 15) is 9.90 Å². The average Bonchev–Trinajstić information content (AvgIpc) is 2.73. The Morgan fingerprint density at radius 3 is 2.53 bits per heavy atom. The van der Waals surface area contributed by atoms with Gasteiger partial charge in [-0.15, -0.1) is 0 Å². The van der Waals surface area contributed by atoms with Gasteiger partial charge in [0.1, 0.15) is 0 Å². The van der Waals surface area contributed by atoms with Gasteiger partial charge in [0.15, 0.2) is 0 Å². The predicted octanol–water partition coefficient (Wildman–Crippen LogP) is 4.89. The Hall–Kier alpha value is -2.65. The Morgan fingerprint density at radius 1 is 0.933 bits per heavy atom. The van der Waals surface area contributed by atoms with Gasteiger partial charge < -0.3 is 5.11 Å². The second-order valence-corrected chi connectivity index (χ2v) is 8.93. The smallest absolute Gasteiger partial charge is 0.309 e. The Balaban J connectivity index is 1.26. The highest BCUT2D eigenvalue weighted by atomic mass is 16.4. The Kier molecular flexibility index (Phi) is 5.30. The number of carbonyl (C=O) groups is 1. The number of rotatable bonds is 6. The van der Waals surface area contributed by atoms with Crippen LogP contribution in [0.2, 0.25) is 0 Å². The van der Waals surface area contributed by atoms with Gasteiger partial charge in [-0.3, -0.25) is 9.69 Å². The molecule has 3 nitrogen and oxygen atoms in total. The van der Waals surface area contributed by atoms with Gasteiger partial charge in [-0.05, 0) is 71.6 Å². The lowest BCUT2D eigenvalue weighted by Gasteiger charge is -2.44. The zero-order valence-electron chi connectivity index (χ0n) is 17.4. The molecule has 3 heteroatoms. The zero-order chi connectivity index (χ0) is 20.5. The summed E-state index contributed by atoms with van der Waals surface area (Å²) >= 11 is 0. The lowest BCUT2D eigenvalue weighted by molar-refractivity contribution is -0.148. The number of benzene rings is 3. The Bertz CT molecular complexity index is 1060. The molecule has 1 unspecified atom stereocenters. The van der Waals surface area contributed by atoms with Crippen molar-refractivity contribution in [1.29, 1.82) is 0 Å². The summed E-state index contributed by atoms with van der Waals surface area (Å²) in [4.78, 5) is 13.5. The maximum Gasteiger partial charge on any atom is 0.309 e. The van der Waals surface area contributed by atoms with Crippen LogP contribution >= 0.6 is 0 Å². The molecule has 1 N–H and O–H groups in total. The fourth-order valence-corrected chi connectivity index (χ4v) is 5.34. The van der Waals surface area contributed by atoms with Gasteiger partial charge in [-0.1, -0.05) is 60.7 Å². The van der Waals surface area contributed by atoms with E-state index in [0.717, 1.165) is 51.6 Å². The maximum absolute atomic E-state index is 11.2. The number of hydrogen-bond donors (Lipinski definition) is 1. The van der Waals surface area contributed by atoms with Gasteiger partial charge in [0.2, 0.25) is 0 Å². The van der Waals surface area contributed by atoms with Crippen molar-refractivity contribution in [3.8, 4) is 0 Å². The van der Waals surface area contributed by atoms with Gasteiger partial charge in [-0.25, -0.2) is 0 Å². The topological polar surface area (TPSA) is 40.5 Å². The van der Waals surface area contributed by atoms with E-state index in [-0.39, 0.29) is 5.92 Å². The number of carboxylic acid groups (broad SMARTS) is 1. The van der Waals surface area contributed by atoms with Crippen LogP contribution < -0.4 is 0 Å². The van der Waals surface area contributed by atoms with Crippen LogP contribution in [0.25, 0.3) is 10.8 Å². The molecule has 1 saturated heterocycles. The average molecular weight is 400 g/mol. The number of aliphatic carboxylic acids is 1. The highest BCUT2D eigenvalue weighted by Gasteiger charge is 2.37. The normalized spacial score (nSPS) is 19.4. The fraction of sp³-hybridized carbons (Fsp3) is 0.370. The van der Waals surface area contributed by atoms with Gasteiger partial charge in [-0.2, -0.15) is 0 Å². The van der Waals surface area contributed by atoms with Crippen molar-refractivity contribution in [2.24, 2.45) is 5.92 Å². The van der Waals surface area contributed by atoms with E-state index in [4.69, 9.17) is 0 Å². The van der Waals surface area contributed by atoms with E-state index in [0.29, 0.717) is 6.04 Å². The summed E-state index contributed by atoms with van der Waals surface area (Å²) in [6.45, 7) is 1.44. The molecule has 1 aliphatic heterocycles. The first-order chi connectivity index (χ1) is 14.7. The van der Waals surface area contributed by atoms with Crippen molar-refractivity contribution < 1.29 is 9.90 Å². The van der Waals surface area contributed by atoms with E-state index in [2.05, 4.69) is 65.6 Å². The van der Waals surface area contributed by atoms with Gasteiger partial charge in [0.25, 0.3) is 0 Å². The van der Waals surface area contributed by atoms with Gasteiger partial charge in [0.05, 0.1) is 5.92 Å². The number of carboxylic acids is 1. The van der Waals surface area contributed by atoms with E-state index in [1.165, 1.54) is 33.0 Å². The molecular weight excluding hydrogens is 370 g/mol. The second-order valence-electron chi connectivity index (χ2n) is 8.93. The summed E-state index contributed by atoms with van der Waals surface area (Å²) in [6.07, 6.45) is 6.70. The molecule has 30 heavy (non-hydrogen) atoms. The summed E-state index contributed by atoms with van der Waals surface area (Å²) in [5, 5.41) is 11.9. The number of fused-ring (bicyclic) bond motifs is 2. The standard InChI is InChI=1S/C27H29NO2/c29-27(30)23-17-28(18-23)24-15-14-22-12-5-11-21(26(22)16-24)10-4-9-20-8-3-7-19-6-1-2-13-25(19)20/h1-3,5-8,11-13,23-24H,4,9-10,14-18H2,(H,29,30). The minimum atomic E-state index is -0.642. The predicted molar refractivity (Wildman–Crippen MR) is 121 cm³/mol. The molecule has 1 atom stereocenters. The van der Waals surface area contributed by atoms with E-state index >= 15 is 0 Å². The number of likely N-dealkylation sites (tertiary alicyclic amines) is 1. The lowest BCUT2D eigenvalue weighted by atomic mass is 9.81. The Labute approximate surface area is 178 Å². The fourth-order valence-electron chi connectivity index (χ4n) is 5.34. The van der Waals surface area contributed by atoms with Crippen LogP contribution in [0.4, 0.5) is 0 Å². The molecule has 0 radical (unpaired) electrons. The molecule has 1 aliphatic carbocycles. The summed E-state index contributed by atoms with van der Waals surface area (Å²) in [5.74, 6) is -0.807. The first-order valence-electron chi connectivity index (χ1n) is 11.2. The monoisotopic (exact) mass is 399 g/mol. The van der Waals surface area contributed by atoms with Crippen molar-refractivity contribution in [3.63, 3.8) is 0 Å². The second kappa shape index (κ2) is 8.23. The quantitative estimate of drug-likeness (QED) is 0.642. The number of nitrogens with zero attached hydrogens (tertiary/aromatic N) is 1. The molecule has 3 aromatic rings. The molecule has 0 aromatic heterocycles. The van der Waals surface area contributed by atoms with Crippen LogP contribution in [0, 0.1) is 5.92 Å². The van der Waals surface area contributed by atoms with Crippen molar-refractivity contribution >= 4 is 16.7 Å². The summed E-state index contributed by atoms with van der Waals surface area (Å²) < 4.78 is 0. The lowest BCUT2D eigenvalue weighted by Crippen LogP contribution is -2.56. The molecule has 2 aliphatic rings. The summed E-state index contributed by atoms with van der Waals surface area (Å²) in [6, 6.07) is 22.6. The molecule has 1 fully saturated rings. The molecule has 0 saturated carbocycles. The third kappa shape index (κ3) is 3.75. The van der Waals surface area contributed by atoms with Crippen molar-refractivity contribution in [3.05, 3.63) is 82.9 Å². The molecule has 0 bridgehead atoms. The van der Waals surface area contributed by atoms with Gasteiger partial charge in [0, 0.05) is 19.1 Å². The number of aryl methyl sites for hydroxylation is 3. The Morgan fingerprint density at radius 2 is 1.67 bits per heavy atom. The van der Waals surface area contributed by atoms with E-state index in [1.54, 1.807) is 0 Å². The van der Waals surface area contributed by atoms with E-state index in [1.807, 2.05) is 0 Å². The van der Waals surface area contributed by atoms with Crippen molar-refractivity contribution in [1.82, 2.24) is 4.90 Å². The third-order valence-corrected chi connectivity index (χ3v) is 7.10. The first kappa shape index (κ1) is 19.3.